The minimum atomic E-state index is -0.300. The van der Waals surface area contributed by atoms with E-state index in [0.29, 0.717) is 22.7 Å². The Morgan fingerprint density at radius 3 is 2.83 bits per heavy atom. The molecule has 23 heavy (non-hydrogen) atoms. The maximum atomic E-state index is 12.3. The minimum absolute atomic E-state index is 0.209. The zero-order chi connectivity index (χ0) is 16.1. The van der Waals surface area contributed by atoms with Crippen molar-refractivity contribution in [3.8, 4) is 17.3 Å². The van der Waals surface area contributed by atoms with Gasteiger partial charge in [-0.15, -0.1) is 0 Å². The molecule has 0 saturated heterocycles. The van der Waals surface area contributed by atoms with Gasteiger partial charge in [-0.2, -0.15) is 0 Å². The first-order chi connectivity index (χ1) is 11.3. The number of nitrogens with one attached hydrogen (secondary N) is 1. The summed E-state index contributed by atoms with van der Waals surface area (Å²) in [6.07, 6.45) is 6.27. The van der Waals surface area contributed by atoms with Gasteiger partial charge < -0.3 is 14.5 Å². The van der Waals surface area contributed by atoms with Crippen molar-refractivity contribution in [2.75, 3.05) is 7.11 Å². The van der Waals surface area contributed by atoms with Gasteiger partial charge in [0.15, 0.2) is 5.76 Å². The molecular weight excluding hydrogens is 296 g/mol. The highest BCUT2D eigenvalue weighted by Crippen LogP contribution is 2.20. The molecule has 0 aliphatic heterocycles. The summed E-state index contributed by atoms with van der Waals surface area (Å²) in [4.78, 5) is 24.8. The number of carbonyl (C=O) groups is 1. The molecule has 3 aromatic rings. The van der Waals surface area contributed by atoms with Gasteiger partial charge in [0.05, 0.1) is 25.6 Å². The Morgan fingerprint density at radius 2 is 2.04 bits per heavy atom. The molecule has 3 aromatic heterocycles. The van der Waals surface area contributed by atoms with Gasteiger partial charge >= 0.3 is 0 Å². The van der Waals surface area contributed by atoms with E-state index in [9.17, 15) is 4.79 Å². The molecule has 0 bridgehead atoms. The average molecular weight is 310 g/mol. The maximum Gasteiger partial charge on any atom is 0.257 e. The lowest BCUT2D eigenvalue weighted by atomic mass is 10.2. The number of furan rings is 1. The van der Waals surface area contributed by atoms with Crippen molar-refractivity contribution < 1.29 is 13.9 Å². The van der Waals surface area contributed by atoms with Gasteiger partial charge in [0.2, 0.25) is 5.88 Å². The molecule has 3 rings (SSSR count). The van der Waals surface area contributed by atoms with Gasteiger partial charge in [0, 0.05) is 18.6 Å². The fraction of sp³-hybridized carbons (Fsp3) is 0.125. The Labute approximate surface area is 132 Å². The van der Waals surface area contributed by atoms with E-state index in [-0.39, 0.29) is 18.3 Å². The number of pyridine rings is 1. The van der Waals surface area contributed by atoms with Crippen LogP contribution >= 0.6 is 0 Å². The smallest absolute Gasteiger partial charge is 0.257 e. The lowest BCUT2D eigenvalue weighted by molar-refractivity contribution is 0.0946. The Kier molecular flexibility index (Phi) is 4.28. The number of methoxy groups -OCH3 is 1. The summed E-state index contributed by atoms with van der Waals surface area (Å²) >= 11 is 0. The number of hydrogen-bond acceptors (Lipinski definition) is 6. The van der Waals surface area contributed by atoms with Crippen molar-refractivity contribution in [3.05, 3.63) is 60.4 Å². The van der Waals surface area contributed by atoms with Crippen molar-refractivity contribution in [3.63, 3.8) is 0 Å². The van der Waals surface area contributed by atoms with Gasteiger partial charge in [-0.1, -0.05) is 0 Å². The average Bonchev–Trinajstić information content (AvgIpc) is 3.14. The van der Waals surface area contributed by atoms with E-state index < -0.39 is 0 Å². The zero-order valence-corrected chi connectivity index (χ0v) is 12.4. The van der Waals surface area contributed by atoms with Crippen molar-refractivity contribution in [1.82, 2.24) is 20.3 Å². The molecule has 0 fully saturated rings. The maximum absolute atomic E-state index is 12.3. The summed E-state index contributed by atoms with van der Waals surface area (Å²) in [6.45, 7) is 0.209. The van der Waals surface area contributed by atoms with E-state index in [1.807, 2.05) is 0 Å². The summed E-state index contributed by atoms with van der Waals surface area (Å²) in [5.41, 5.74) is 1.56. The van der Waals surface area contributed by atoms with Crippen LogP contribution in [0.15, 0.2) is 53.5 Å². The van der Waals surface area contributed by atoms with E-state index >= 15 is 0 Å². The van der Waals surface area contributed by atoms with Gasteiger partial charge in [-0.3, -0.25) is 9.78 Å². The third-order valence-electron chi connectivity index (χ3n) is 3.15. The van der Waals surface area contributed by atoms with Crippen LogP contribution in [0.5, 0.6) is 5.88 Å². The first kappa shape index (κ1) is 14.7. The summed E-state index contributed by atoms with van der Waals surface area (Å²) in [5.74, 6) is 0.572. The molecule has 3 heterocycles. The van der Waals surface area contributed by atoms with Crippen molar-refractivity contribution in [2.24, 2.45) is 0 Å². The second kappa shape index (κ2) is 6.69. The number of carbonyl (C=O) groups excluding carboxylic acids is 1. The SMILES string of the molecule is COc1ncccc1C(=O)NCc1nccnc1-c1ccco1. The summed E-state index contributed by atoms with van der Waals surface area (Å²) in [7, 11) is 1.47. The topological polar surface area (TPSA) is 90.1 Å². The van der Waals surface area contributed by atoms with E-state index in [2.05, 4.69) is 20.3 Å². The highest BCUT2D eigenvalue weighted by Gasteiger charge is 2.15. The molecule has 0 atom stereocenters. The molecule has 1 N–H and O–H groups in total. The van der Waals surface area contributed by atoms with Gasteiger partial charge in [-0.25, -0.2) is 9.97 Å². The van der Waals surface area contributed by atoms with Crippen molar-refractivity contribution in [1.29, 1.82) is 0 Å². The highest BCUT2D eigenvalue weighted by atomic mass is 16.5. The standard InChI is InChI=1S/C16H14N4O3/c1-22-16-11(4-2-6-19-16)15(21)20-10-12-14(18-8-7-17-12)13-5-3-9-23-13/h2-9H,10H2,1H3,(H,20,21). The molecule has 1 amide bonds. The van der Waals surface area contributed by atoms with Crippen LogP contribution in [0.25, 0.3) is 11.5 Å². The third kappa shape index (κ3) is 3.18. The molecule has 0 saturated carbocycles. The van der Waals surface area contributed by atoms with Crippen LogP contribution in [0.1, 0.15) is 16.1 Å². The summed E-state index contributed by atoms with van der Waals surface area (Å²) in [6, 6.07) is 6.88. The van der Waals surface area contributed by atoms with E-state index in [0.717, 1.165) is 0 Å². The minimum Gasteiger partial charge on any atom is -0.480 e. The lowest BCUT2D eigenvalue weighted by Crippen LogP contribution is -2.24. The fourth-order valence-corrected chi connectivity index (χ4v) is 2.10. The van der Waals surface area contributed by atoms with Crippen LogP contribution in [0.2, 0.25) is 0 Å². The first-order valence-electron chi connectivity index (χ1n) is 6.90. The molecule has 7 nitrogen and oxygen atoms in total. The van der Waals surface area contributed by atoms with Gasteiger partial charge in [0.1, 0.15) is 11.3 Å². The second-order valence-corrected chi connectivity index (χ2v) is 4.57. The third-order valence-corrected chi connectivity index (χ3v) is 3.15. The van der Waals surface area contributed by atoms with Crippen LogP contribution in [0.4, 0.5) is 0 Å². The lowest BCUT2D eigenvalue weighted by Gasteiger charge is -2.09. The summed E-state index contributed by atoms with van der Waals surface area (Å²) < 4.78 is 10.4. The molecular formula is C16H14N4O3. The predicted octanol–water partition coefficient (Wildman–Crippen LogP) is 2.07. The van der Waals surface area contributed by atoms with Gasteiger partial charge in [-0.05, 0) is 24.3 Å². The van der Waals surface area contributed by atoms with Crippen LogP contribution in [0, 0.1) is 0 Å². The normalized spacial score (nSPS) is 10.3. The number of rotatable bonds is 5. The van der Waals surface area contributed by atoms with Crippen molar-refractivity contribution >= 4 is 5.91 Å². The van der Waals surface area contributed by atoms with Crippen LogP contribution in [0.3, 0.4) is 0 Å². The molecule has 0 radical (unpaired) electrons. The molecule has 0 aliphatic carbocycles. The van der Waals surface area contributed by atoms with E-state index in [1.54, 1.807) is 49.1 Å². The first-order valence-corrected chi connectivity index (χ1v) is 6.90. The van der Waals surface area contributed by atoms with Crippen LogP contribution < -0.4 is 10.1 Å². The second-order valence-electron chi connectivity index (χ2n) is 4.57. The van der Waals surface area contributed by atoms with E-state index in [4.69, 9.17) is 9.15 Å². The van der Waals surface area contributed by atoms with Crippen LogP contribution in [-0.4, -0.2) is 28.0 Å². The zero-order valence-electron chi connectivity index (χ0n) is 12.4. The number of aromatic nitrogens is 3. The van der Waals surface area contributed by atoms with Crippen molar-refractivity contribution in [2.45, 2.75) is 6.54 Å². The van der Waals surface area contributed by atoms with Gasteiger partial charge in [0.25, 0.3) is 5.91 Å². The molecule has 0 unspecified atom stereocenters. The molecule has 0 aromatic carbocycles. The molecule has 116 valence electrons. The number of amides is 1. The Morgan fingerprint density at radius 1 is 1.17 bits per heavy atom. The number of nitrogens with zero attached hydrogens (tertiary/aromatic N) is 3. The predicted molar refractivity (Wildman–Crippen MR) is 81.7 cm³/mol. The quantitative estimate of drug-likeness (QED) is 0.776. The number of hydrogen-bond donors (Lipinski definition) is 1. The highest BCUT2D eigenvalue weighted by molar-refractivity contribution is 5.96. The largest absolute Gasteiger partial charge is 0.480 e. The fourth-order valence-electron chi connectivity index (χ4n) is 2.10. The number of ether oxygens (including phenoxy) is 1. The Bertz CT molecular complexity index is 803. The molecule has 7 heteroatoms. The Hall–Kier alpha value is -3.22. The summed E-state index contributed by atoms with van der Waals surface area (Å²) in [5, 5.41) is 2.79. The molecule has 0 spiro atoms. The Balaban J connectivity index is 1.78. The van der Waals surface area contributed by atoms with Crippen LogP contribution in [-0.2, 0) is 6.54 Å². The monoisotopic (exact) mass is 310 g/mol. The molecule has 0 aliphatic rings. The van der Waals surface area contributed by atoms with E-state index in [1.165, 1.54) is 7.11 Å².